The molecule has 0 amide bonds. The van der Waals surface area contributed by atoms with Crippen molar-refractivity contribution in [3.8, 4) is 0 Å². The van der Waals surface area contributed by atoms with Gasteiger partial charge in [-0.15, -0.1) is 10.2 Å². The summed E-state index contributed by atoms with van der Waals surface area (Å²) in [5.41, 5.74) is 0.363. The summed E-state index contributed by atoms with van der Waals surface area (Å²) < 4.78 is 26.7. The second-order valence-corrected chi connectivity index (χ2v) is 4.45. The Bertz CT molecular complexity index is 745. The molecule has 0 aliphatic heterocycles. The minimum absolute atomic E-state index is 0.177. The molecule has 0 aliphatic rings. The predicted octanol–water partition coefficient (Wildman–Crippen LogP) is 4.91. The van der Waals surface area contributed by atoms with Gasteiger partial charge in [0.15, 0.2) is 5.69 Å². The first-order valence-electron chi connectivity index (χ1n) is 6.01. The summed E-state index contributed by atoms with van der Waals surface area (Å²) in [4.78, 5) is 10.1. The van der Waals surface area contributed by atoms with Crippen molar-refractivity contribution in [3.05, 3.63) is 63.2 Å². The van der Waals surface area contributed by atoms with Crippen LogP contribution in [0.4, 0.5) is 25.8 Å². The van der Waals surface area contributed by atoms with Gasteiger partial charge in [-0.05, 0) is 37.1 Å². The van der Waals surface area contributed by atoms with E-state index < -0.39 is 22.2 Å². The fourth-order valence-corrected chi connectivity index (χ4v) is 1.75. The van der Waals surface area contributed by atoms with Gasteiger partial charge < -0.3 is 0 Å². The van der Waals surface area contributed by atoms with Crippen molar-refractivity contribution in [1.29, 1.82) is 0 Å². The van der Waals surface area contributed by atoms with Crippen molar-refractivity contribution in [1.82, 2.24) is 0 Å². The van der Waals surface area contributed by atoms with E-state index >= 15 is 0 Å². The van der Waals surface area contributed by atoms with E-state index in [0.717, 1.165) is 12.1 Å². The van der Waals surface area contributed by atoms with Crippen molar-refractivity contribution in [3.63, 3.8) is 0 Å². The molecule has 0 saturated heterocycles. The number of aryl methyl sites for hydroxylation is 2. The van der Waals surface area contributed by atoms with Crippen LogP contribution in [0.15, 0.2) is 40.6 Å². The Morgan fingerprint density at radius 2 is 1.71 bits per heavy atom. The van der Waals surface area contributed by atoms with E-state index in [1.165, 1.54) is 18.2 Å². The second-order valence-electron chi connectivity index (χ2n) is 4.45. The number of nitro benzene ring substituents is 1. The van der Waals surface area contributed by atoms with Crippen molar-refractivity contribution >= 4 is 17.1 Å². The molecule has 7 heteroatoms. The van der Waals surface area contributed by atoms with Gasteiger partial charge in [0.05, 0.1) is 10.6 Å². The highest BCUT2D eigenvalue weighted by Gasteiger charge is 2.22. The van der Waals surface area contributed by atoms with E-state index in [1.54, 1.807) is 13.8 Å². The van der Waals surface area contributed by atoms with Crippen LogP contribution in [0.5, 0.6) is 0 Å². The third-order valence-electron chi connectivity index (χ3n) is 2.92. The molecule has 0 aliphatic carbocycles. The molecule has 0 aromatic heterocycles. The molecule has 2 aromatic carbocycles. The van der Waals surface area contributed by atoms with Crippen molar-refractivity contribution in [2.45, 2.75) is 13.8 Å². The van der Waals surface area contributed by atoms with Crippen LogP contribution in [0.1, 0.15) is 11.1 Å². The fraction of sp³-hybridized carbons (Fsp3) is 0.143. The van der Waals surface area contributed by atoms with Gasteiger partial charge in [0.1, 0.15) is 5.82 Å². The number of hydrogen-bond donors (Lipinski definition) is 0. The number of rotatable bonds is 3. The van der Waals surface area contributed by atoms with Crippen molar-refractivity contribution in [2.75, 3.05) is 0 Å². The van der Waals surface area contributed by atoms with E-state index in [9.17, 15) is 18.9 Å². The highest BCUT2D eigenvalue weighted by Crippen LogP contribution is 2.35. The van der Waals surface area contributed by atoms with Gasteiger partial charge in [0.25, 0.3) is 0 Å². The summed E-state index contributed by atoms with van der Waals surface area (Å²) >= 11 is 0. The SMILES string of the molecule is Cc1ccc(F)cc1N=Nc1c(C)ccc(F)c1[N+](=O)[O-]. The zero-order chi connectivity index (χ0) is 15.6. The van der Waals surface area contributed by atoms with Crippen molar-refractivity contribution in [2.24, 2.45) is 10.2 Å². The summed E-state index contributed by atoms with van der Waals surface area (Å²) in [6.45, 7) is 3.25. The molecule has 0 radical (unpaired) electrons. The summed E-state index contributed by atoms with van der Waals surface area (Å²) in [5, 5.41) is 18.5. The van der Waals surface area contributed by atoms with E-state index in [0.29, 0.717) is 11.1 Å². The van der Waals surface area contributed by atoms with Crippen LogP contribution in [0.25, 0.3) is 0 Å². The molecule has 2 rings (SSSR count). The van der Waals surface area contributed by atoms with Crippen molar-refractivity contribution < 1.29 is 13.7 Å². The number of nitro groups is 1. The van der Waals surface area contributed by atoms with E-state index in [-0.39, 0.29) is 11.4 Å². The Morgan fingerprint density at radius 3 is 2.38 bits per heavy atom. The van der Waals surface area contributed by atoms with Gasteiger partial charge in [-0.25, -0.2) is 4.39 Å². The highest BCUT2D eigenvalue weighted by molar-refractivity contribution is 5.62. The molecule has 0 unspecified atom stereocenters. The number of benzene rings is 2. The van der Waals surface area contributed by atoms with Crippen LogP contribution in [-0.2, 0) is 0 Å². The average Bonchev–Trinajstić information content (AvgIpc) is 2.42. The first-order valence-corrected chi connectivity index (χ1v) is 6.01. The molecule has 21 heavy (non-hydrogen) atoms. The van der Waals surface area contributed by atoms with Crippen LogP contribution in [0.3, 0.4) is 0 Å². The van der Waals surface area contributed by atoms with Gasteiger partial charge in [-0.3, -0.25) is 10.1 Å². The molecular weight excluding hydrogens is 280 g/mol. The zero-order valence-corrected chi connectivity index (χ0v) is 11.3. The maximum Gasteiger partial charge on any atom is 0.332 e. The largest absolute Gasteiger partial charge is 0.332 e. The van der Waals surface area contributed by atoms with Crippen LogP contribution in [0.2, 0.25) is 0 Å². The minimum atomic E-state index is -0.990. The molecule has 2 aromatic rings. The maximum atomic E-state index is 13.5. The first kappa shape index (κ1) is 14.7. The molecule has 0 atom stereocenters. The van der Waals surface area contributed by atoms with Crippen LogP contribution >= 0.6 is 0 Å². The number of hydrogen-bond acceptors (Lipinski definition) is 4. The summed E-state index contributed by atoms with van der Waals surface area (Å²) in [6.07, 6.45) is 0. The predicted molar refractivity (Wildman–Crippen MR) is 73.1 cm³/mol. The Hall–Kier alpha value is -2.70. The second kappa shape index (κ2) is 5.74. The molecular formula is C14H11F2N3O2. The average molecular weight is 291 g/mol. The van der Waals surface area contributed by atoms with Gasteiger partial charge in [0, 0.05) is 6.07 Å². The Labute approximate surface area is 119 Å². The van der Waals surface area contributed by atoms with E-state index in [1.807, 2.05) is 0 Å². The standard InChI is InChI=1S/C14H11F2N3O2/c1-8-3-5-10(15)7-12(8)17-18-13-9(2)4-6-11(16)14(13)19(20)21/h3-7H,1-2H3. The lowest BCUT2D eigenvalue weighted by molar-refractivity contribution is -0.386. The Balaban J connectivity index is 2.53. The molecule has 0 heterocycles. The van der Waals surface area contributed by atoms with Crippen LogP contribution < -0.4 is 0 Å². The maximum absolute atomic E-state index is 13.5. The Morgan fingerprint density at radius 1 is 1.05 bits per heavy atom. The van der Waals surface area contributed by atoms with E-state index in [4.69, 9.17) is 0 Å². The lowest BCUT2D eigenvalue weighted by Gasteiger charge is -2.02. The van der Waals surface area contributed by atoms with E-state index in [2.05, 4.69) is 10.2 Å². The molecule has 5 nitrogen and oxygen atoms in total. The van der Waals surface area contributed by atoms with Gasteiger partial charge in [-0.1, -0.05) is 12.1 Å². The monoisotopic (exact) mass is 291 g/mol. The first-order chi connectivity index (χ1) is 9.90. The molecule has 0 fully saturated rings. The summed E-state index contributed by atoms with van der Waals surface area (Å²) in [5.74, 6) is -1.49. The topological polar surface area (TPSA) is 67.9 Å². The zero-order valence-electron chi connectivity index (χ0n) is 11.3. The third kappa shape index (κ3) is 3.07. The molecule has 0 saturated carbocycles. The van der Waals surface area contributed by atoms with Crippen LogP contribution in [-0.4, -0.2) is 4.92 Å². The number of halogens is 2. The molecule has 108 valence electrons. The lowest BCUT2D eigenvalue weighted by Crippen LogP contribution is -1.94. The molecule has 0 N–H and O–H groups in total. The van der Waals surface area contributed by atoms with Crippen LogP contribution in [0, 0.1) is 35.6 Å². The van der Waals surface area contributed by atoms with Gasteiger partial charge in [-0.2, -0.15) is 4.39 Å². The minimum Gasteiger partial charge on any atom is -0.258 e. The highest BCUT2D eigenvalue weighted by atomic mass is 19.1. The summed E-state index contributed by atoms with van der Waals surface area (Å²) in [7, 11) is 0. The summed E-state index contributed by atoms with van der Waals surface area (Å²) in [6, 6.07) is 6.30. The smallest absolute Gasteiger partial charge is 0.258 e. The number of nitrogens with zero attached hydrogens (tertiary/aromatic N) is 3. The lowest BCUT2D eigenvalue weighted by atomic mass is 10.1. The molecule has 0 spiro atoms. The fourth-order valence-electron chi connectivity index (χ4n) is 1.75. The Kier molecular flexibility index (Phi) is 4.02. The normalized spacial score (nSPS) is 11.0. The van der Waals surface area contributed by atoms with Gasteiger partial charge in [0.2, 0.25) is 5.82 Å². The quantitative estimate of drug-likeness (QED) is 0.458. The van der Waals surface area contributed by atoms with Gasteiger partial charge >= 0.3 is 5.69 Å². The third-order valence-corrected chi connectivity index (χ3v) is 2.92. The molecule has 0 bridgehead atoms. The number of azo groups is 1.